The average molecular weight is 353 g/mol. The number of amides is 1. The van der Waals surface area contributed by atoms with E-state index in [-0.39, 0.29) is 16.9 Å². The number of aryl methyl sites for hydroxylation is 2. The number of fused-ring (bicyclic) bond motifs is 1. The van der Waals surface area contributed by atoms with Crippen molar-refractivity contribution in [2.45, 2.75) is 26.1 Å². The monoisotopic (exact) mass is 353 g/mol. The molecule has 0 radical (unpaired) electrons. The normalized spacial score (nSPS) is 11.8. The number of halogens is 3. The van der Waals surface area contributed by atoms with Crippen molar-refractivity contribution in [1.29, 1.82) is 0 Å². The molecule has 0 aliphatic heterocycles. The fraction of sp³-hybridized carbons (Fsp3) is 0.357. The fourth-order valence-electron chi connectivity index (χ4n) is 2.34. The molecule has 1 N–H and O–H groups in total. The Bertz CT molecular complexity index is 886. The molecule has 3 heterocycles. The summed E-state index contributed by atoms with van der Waals surface area (Å²) in [6.07, 6.45) is 0.324. The highest BCUT2D eigenvalue weighted by molar-refractivity contribution is 5.99. The van der Waals surface area contributed by atoms with Gasteiger partial charge in [-0.05, 0) is 19.4 Å². The maximum absolute atomic E-state index is 13.1. The van der Waals surface area contributed by atoms with E-state index >= 15 is 0 Å². The van der Waals surface area contributed by atoms with E-state index in [0.29, 0.717) is 24.0 Å². The summed E-state index contributed by atoms with van der Waals surface area (Å²) >= 11 is 0. The molecule has 3 aromatic heterocycles. The molecular weight excluding hydrogens is 339 g/mol. The van der Waals surface area contributed by atoms with Crippen LogP contribution in [0.4, 0.5) is 13.2 Å². The summed E-state index contributed by atoms with van der Waals surface area (Å²) in [6, 6.07) is 0.889. The first kappa shape index (κ1) is 16.9. The molecule has 0 saturated carbocycles. The van der Waals surface area contributed by atoms with Gasteiger partial charge in [0.2, 0.25) is 0 Å². The summed E-state index contributed by atoms with van der Waals surface area (Å²) in [6.45, 7) is 2.32. The van der Waals surface area contributed by atoms with Crippen molar-refractivity contribution in [3.8, 4) is 0 Å². The number of alkyl halides is 3. The minimum atomic E-state index is -4.59. The number of hydrogen-bond acceptors (Lipinski definition) is 5. The third-order valence-corrected chi connectivity index (χ3v) is 3.46. The summed E-state index contributed by atoms with van der Waals surface area (Å²) in [7, 11) is 0. The predicted molar refractivity (Wildman–Crippen MR) is 79.7 cm³/mol. The zero-order chi connectivity index (χ0) is 18.0. The molecule has 0 aliphatic rings. The van der Waals surface area contributed by atoms with Crippen molar-refractivity contribution < 1.29 is 18.0 Å². The molecular formula is C14H14F3N7O. The van der Waals surface area contributed by atoms with Gasteiger partial charge in [0.15, 0.2) is 5.65 Å². The molecule has 0 bridgehead atoms. The van der Waals surface area contributed by atoms with Crippen molar-refractivity contribution in [3.63, 3.8) is 0 Å². The van der Waals surface area contributed by atoms with Gasteiger partial charge >= 0.3 is 6.18 Å². The van der Waals surface area contributed by atoms with Gasteiger partial charge in [0.1, 0.15) is 11.3 Å². The molecule has 0 aliphatic carbocycles. The summed E-state index contributed by atoms with van der Waals surface area (Å²) in [5, 5.41) is 13.8. The van der Waals surface area contributed by atoms with Gasteiger partial charge in [-0.15, -0.1) is 5.10 Å². The molecule has 0 unspecified atom stereocenters. The number of nitrogens with zero attached hydrogens (tertiary/aromatic N) is 6. The molecule has 3 rings (SSSR count). The van der Waals surface area contributed by atoms with Crippen LogP contribution in [0.1, 0.15) is 28.2 Å². The number of nitrogens with one attached hydrogen (secondary N) is 1. The Balaban J connectivity index is 1.74. The zero-order valence-corrected chi connectivity index (χ0v) is 13.2. The first-order valence-corrected chi connectivity index (χ1v) is 7.41. The second kappa shape index (κ2) is 6.49. The predicted octanol–water partition coefficient (Wildman–Crippen LogP) is 1.47. The number of rotatable bonds is 5. The molecule has 25 heavy (non-hydrogen) atoms. The van der Waals surface area contributed by atoms with E-state index in [4.69, 9.17) is 0 Å². The SMILES string of the molecule is Cc1cc(C(F)(F)F)n2ncc(C(=O)NCCCn3ccnn3)c2n1. The largest absolute Gasteiger partial charge is 0.433 e. The van der Waals surface area contributed by atoms with Gasteiger partial charge in [0.25, 0.3) is 5.91 Å². The zero-order valence-electron chi connectivity index (χ0n) is 13.2. The van der Waals surface area contributed by atoms with Gasteiger partial charge in [0.05, 0.1) is 12.4 Å². The molecule has 11 heteroatoms. The van der Waals surface area contributed by atoms with Crippen LogP contribution in [0.15, 0.2) is 24.7 Å². The van der Waals surface area contributed by atoms with Crippen molar-refractivity contribution >= 4 is 11.6 Å². The minimum Gasteiger partial charge on any atom is -0.352 e. The summed E-state index contributed by atoms with van der Waals surface area (Å²) < 4.78 is 41.5. The minimum absolute atomic E-state index is 0.00467. The van der Waals surface area contributed by atoms with Crippen molar-refractivity contribution in [3.05, 3.63) is 41.6 Å². The Hall–Kier alpha value is -2.98. The Morgan fingerprint density at radius 3 is 2.84 bits per heavy atom. The maximum Gasteiger partial charge on any atom is 0.433 e. The molecule has 0 saturated heterocycles. The van der Waals surface area contributed by atoms with E-state index in [2.05, 4.69) is 25.7 Å². The van der Waals surface area contributed by atoms with Crippen LogP contribution < -0.4 is 5.32 Å². The van der Waals surface area contributed by atoms with Crippen LogP contribution in [0.2, 0.25) is 0 Å². The van der Waals surface area contributed by atoms with Gasteiger partial charge < -0.3 is 5.32 Å². The van der Waals surface area contributed by atoms with Gasteiger partial charge in [0, 0.05) is 25.0 Å². The summed E-state index contributed by atoms with van der Waals surface area (Å²) in [4.78, 5) is 16.2. The lowest BCUT2D eigenvalue weighted by Crippen LogP contribution is -2.25. The molecule has 0 spiro atoms. The second-order valence-corrected chi connectivity index (χ2v) is 5.35. The quantitative estimate of drug-likeness (QED) is 0.702. The van der Waals surface area contributed by atoms with E-state index < -0.39 is 17.8 Å². The van der Waals surface area contributed by atoms with E-state index in [0.717, 1.165) is 12.3 Å². The van der Waals surface area contributed by atoms with Crippen LogP contribution in [-0.2, 0) is 12.7 Å². The van der Waals surface area contributed by atoms with Gasteiger partial charge in [-0.2, -0.15) is 18.3 Å². The highest BCUT2D eigenvalue weighted by Crippen LogP contribution is 2.30. The fourth-order valence-corrected chi connectivity index (χ4v) is 2.34. The third kappa shape index (κ3) is 3.59. The summed E-state index contributed by atoms with van der Waals surface area (Å²) in [5.74, 6) is -0.528. The lowest BCUT2D eigenvalue weighted by Gasteiger charge is -2.10. The lowest BCUT2D eigenvalue weighted by molar-refractivity contribution is -0.142. The Labute approximate surface area is 139 Å². The van der Waals surface area contributed by atoms with E-state index in [1.165, 1.54) is 6.92 Å². The molecule has 3 aromatic rings. The van der Waals surface area contributed by atoms with Crippen molar-refractivity contribution in [1.82, 2.24) is 34.9 Å². The van der Waals surface area contributed by atoms with Crippen LogP contribution in [0, 0.1) is 6.92 Å². The molecule has 0 atom stereocenters. The summed E-state index contributed by atoms with van der Waals surface area (Å²) in [5.41, 5.74) is -0.947. The number of carbonyl (C=O) groups excluding carboxylic acids is 1. The van der Waals surface area contributed by atoms with Crippen LogP contribution in [0.3, 0.4) is 0 Å². The van der Waals surface area contributed by atoms with Gasteiger partial charge in [-0.25, -0.2) is 9.50 Å². The number of aromatic nitrogens is 6. The topological polar surface area (TPSA) is 90.0 Å². The molecule has 0 fully saturated rings. The highest BCUT2D eigenvalue weighted by atomic mass is 19.4. The Morgan fingerprint density at radius 1 is 1.36 bits per heavy atom. The van der Waals surface area contributed by atoms with E-state index in [9.17, 15) is 18.0 Å². The Morgan fingerprint density at radius 2 is 2.16 bits per heavy atom. The average Bonchev–Trinajstić information content (AvgIpc) is 3.19. The van der Waals surface area contributed by atoms with Crippen LogP contribution in [-0.4, -0.2) is 42.0 Å². The number of hydrogen-bond donors (Lipinski definition) is 1. The molecule has 8 nitrogen and oxygen atoms in total. The third-order valence-electron chi connectivity index (χ3n) is 3.46. The van der Waals surface area contributed by atoms with Crippen LogP contribution in [0.25, 0.3) is 5.65 Å². The van der Waals surface area contributed by atoms with Gasteiger partial charge in [-0.1, -0.05) is 5.21 Å². The van der Waals surface area contributed by atoms with Crippen LogP contribution >= 0.6 is 0 Å². The highest BCUT2D eigenvalue weighted by Gasteiger charge is 2.35. The first-order chi connectivity index (χ1) is 11.9. The second-order valence-electron chi connectivity index (χ2n) is 5.35. The lowest BCUT2D eigenvalue weighted by atomic mass is 10.2. The van der Waals surface area contributed by atoms with Gasteiger partial charge in [-0.3, -0.25) is 9.48 Å². The molecule has 1 amide bonds. The van der Waals surface area contributed by atoms with Crippen molar-refractivity contribution in [2.24, 2.45) is 0 Å². The first-order valence-electron chi connectivity index (χ1n) is 7.41. The molecule has 0 aromatic carbocycles. The van der Waals surface area contributed by atoms with Crippen molar-refractivity contribution in [2.75, 3.05) is 6.54 Å². The van der Waals surface area contributed by atoms with E-state index in [1.807, 2.05) is 0 Å². The molecule has 132 valence electrons. The maximum atomic E-state index is 13.1. The Kier molecular flexibility index (Phi) is 4.38. The number of carbonyl (C=O) groups is 1. The standard InChI is InChI=1S/C14H14F3N7O/c1-9-7-11(14(15,16)17)24-12(21-9)10(8-20-24)13(25)18-3-2-5-23-6-4-19-22-23/h4,6-8H,2-3,5H2,1H3,(H,18,25). The smallest absolute Gasteiger partial charge is 0.352 e. The van der Waals surface area contributed by atoms with E-state index in [1.54, 1.807) is 17.1 Å². The van der Waals surface area contributed by atoms with Crippen LogP contribution in [0.5, 0.6) is 0 Å².